The van der Waals surface area contributed by atoms with E-state index in [2.05, 4.69) is 19.3 Å². The fourth-order valence-electron chi connectivity index (χ4n) is 4.97. The first-order chi connectivity index (χ1) is 23.0. The topological polar surface area (TPSA) is 329 Å². The highest BCUT2D eigenvalue weighted by Gasteiger charge is 2.49. The summed E-state index contributed by atoms with van der Waals surface area (Å²) in [6.07, 6.45) is -14.4. The van der Waals surface area contributed by atoms with Crippen molar-refractivity contribution in [3.05, 3.63) is 52.1 Å². The van der Waals surface area contributed by atoms with Gasteiger partial charge in [0.15, 0.2) is 29.5 Å². The number of nitrogens with zero attached hydrogens (tertiary/aromatic N) is 3. The van der Waals surface area contributed by atoms with E-state index in [0.717, 1.165) is 16.5 Å². The molecule has 21 nitrogen and oxygen atoms in total. The number of ketones is 1. The molecule has 0 saturated carbocycles. The zero-order valence-corrected chi connectivity index (χ0v) is 27.8. The van der Waals surface area contributed by atoms with Crippen LogP contribution in [0.2, 0.25) is 0 Å². The van der Waals surface area contributed by atoms with Gasteiger partial charge >= 0.3 is 15.6 Å². The Kier molecular flexibility index (Phi) is 11.5. The van der Waals surface area contributed by atoms with Gasteiger partial charge in [-0.05, 0) is 12.5 Å². The molecule has 1 aromatic carbocycles. The molecule has 2 aliphatic rings. The zero-order chi connectivity index (χ0) is 35.8. The molecular weight excluding hydrogens is 720 g/mol. The quantitative estimate of drug-likeness (QED) is 0.0709. The molecule has 4 heterocycles. The molecule has 270 valence electrons. The van der Waals surface area contributed by atoms with Crippen LogP contribution in [-0.2, 0) is 37.7 Å². The molecule has 4 unspecified atom stereocenters. The number of carbonyl (C=O) groups is 1. The maximum absolute atomic E-state index is 12.7. The Bertz CT molecular complexity index is 1810. The molecule has 2 aliphatic heterocycles. The minimum atomic E-state index is -5.62. The Labute approximate surface area is 279 Å². The van der Waals surface area contributed by atoms with Gasteiger partial charge in [-0.15, -0.1) is 0 Å². The van der Waals surface area contributed by atoms with Crippen LogP contribution in [0.5, 0.6) is 0 Å². The zero-order valence-electron chi connectivity index (χ0n) is 25.2. The Morgan fingerprint density at radius 2 is 1.67 bits per heavy atom. The summed E-state index contributed by atoms with van der Waals surface area (Å²) in [6.45, 7) is 0.437. The number of anilines is 1. The van der Waals surface area contributed by atoms with E-state index in [1.54, 1.807) is 24.3 Å². The number of fused-ring (bicyclic) bond motifs is 1. The summed E-state index contributed by atoms with van der Waals surface area (Å²) in [5.74, 6) is -0.0152. The van der Waals surface area contributed by atoms with Crippen molar-refractivity contribution in [2.24, 2.45) is 0 Å². The molecule has 11 atom stereocenters. The van der Waals surface area contributed by atoms with Crippen LogP contribution in [0.3, 0.4) is 0 Å². The van der Waals surface area contributed by atoms with Gasteiger partial charge in [0.05, 0.1) is 19.0 Å². The average molecular weight is 754 g/mol. The lowest BCUT2D eigenvalue weighted by molar-refractivity contribution is -0.270. The minimum Gasteiger partial charge on any atom is -0.388 e. The van der Waals surface area contributed by atoms with Crippen molar-refractivity contribution in [1.29, 1.82) is 0 Å². The van der Waals surface area contributed by atoms with E-state index in [-0.39, 0.29) is 28.6 Å². The number of phosphoric acid groups is 2. The molecule has 0 spiro atoms. The predicted molar refractivity (Wildman–Crippen MR) is 166 cm³/mol. The van der Waals surface area contributed by atoms with Gasteiger partial charge in [-0.3, -0.25) is 28.2 Å². The third-order valence-corrected chi connectivity index (χ3v) is 11.2. The van der Waals surface area contributed by atoms with Crippen molar-refractivity contribution in [2.45, 2.75) is 67.9 Å². The lowest BCUT2D eigenvalue weighted by Gasteiger charge is -2.40. The summed E-state index contributed by atoms with van der Waals surface area (Å²) in [5.41, 5.74) is 5.93. The number of thioether (sulfide) groups is 1. The number of ether oxygens (including phenoxy) is 2. The lowest BCUT2D eigenvalue weighted by Crippen LogP contribution is -2.58. The molecule has 10 N–H and O–H groups in total. The first-order valence-electron chi connectivity index (χ1n) is 14.3. The molecule has 49 heavy (non-hydrogen) atoms. The highest BCUT2D eigenvalue weighted by atomic mass is 32.2. The van der Waals surface area contributed by atoms with E-state index >= 15 is 0 Å². The molecule has 2 saturated heterocycles. The molecule has 0 radical (unpaired) electrons. The van der Waals surface area contributed by atoms with Crippen molar-refractivity contribution >= 4 is 50.3 Å². The normalized spacial score (nSPS) is 31.4. The first-order valence-corrected chi connectivity index (χ1v) is 18.4. The number of H-pyrrole nitrogens is 1. The van der Waals surface area contributed by atoms with E-state index in [1.165, 1.54) is 18.7 Å². The highest BCUT2D eigenvalue weighted by molar-refractivity contribution is 7.98. The van der Waals surface area contributed by atoms with Gasteiger partial charge in [0.25, 0.3) is 5.56 Å². The molecule has 0 bridgehead atoms. The number of imidazole rings is 1. The third kappa shape index (κ3) is 8.64. The summed E-state index contributed by atoms with van der Waals surface area (Å²) < 4.78 is 50.9. The molecule has 0 aliphatic carbocycles. The Morgan fingerprint density at radius 3 is 2.35 bits per heavy atom. The average Bonchev–Trinajstić information content (AvgIpc) is 3.56. The van der Waals surface area contributed by atoms with Crippen molar-refractivity contribution in [2.75, 3.05) is 18.1 Å². The van der Waals surface area contributed by atoms with Crippen LogP contribution >= 0.6 is 27.4 Å². The number of aromatic amines is 1. The van der Waals surface area contributed by atoms with Gasteiger partial charge in [-0.2, -0.15) is 21.1 Å². The maximum Gasteiger partial charge on any atom is 0.483 e. The summed E-state index contributed by atoms with van der Waals surface area (Å²) in [5, 5.41) is 52.0. The third-order valence-electron chi connectivity index (χ3n) is 7.49. The molecule has 2 aromatic heterocycles. The van der Waals surface area contributed by atoms with Crippen LogP contribution in [-0.4, -0.2) is 122 Å². The van der Waals surface area contributed by atoms with Crippen LogP contribution in [0.1, 0.15) is 29.1 Å². The van der Waals surface area contributed by atoms with Crippen LogP contribution in [0.25, 0.3) is 11.2 Å². The molecule has 3 aromatic rings. The van der Waals surface area contributed by atoms with Crippen LogP contribution < -0.4 is 11.3 Å². The Balaban J connectivity index is 1.16. The second kappa shape index (κ2) is 14.9. The van der Waals surface area contributed by atoms with Crippen LogP contribution in [0.15, 0.2) is 35.4 Å². The Hall–Kier alpha value is -2.63. The van der Waals surface area contributed by atoms with E-state index in [4.69, 9.17) is 24.3 Å². The lowest BCUT2D eigenvalue weighted by atomic mass is 10.0. The number of nitrogens with two attached hydrogens (primary N) is 1. The number of aliphatic hydroxyl groups excluding tert-OH is 5. The SMILES string of the molecule is CC(=O)c1ccc(CSC[C@@H]2OC(OP(=O)(O)OP(=O)(O)OC[C@H]3O[C@@H](n4cnc5c(=O)[nH]c(N)nc54)C(O)[C@H]3O)[C@@H](O)[C@H](O)[C@@H]2O)cc1. The fourth-order valence-corrected chi connectivity index (χ4v) is 8.18. The van der Waals surface area contributed by atoms with E-state index < -0.39 is 83.1 Å². The first kappa shape index (κ1) is 37.6. The number of hydrogen-bond acceptors (Lipinski definition) is 18. The summed E-state index contributed by atoms with van der Waals surface area (Å²) in [7, 11) is -11.1. The summed E-state index contributed by atoms with van der Waals surface area (Å²) in [6, 6.07) is 6.72. The van der Waals surface area contributed by atoms with Gasteiger partial charge in [-0.1, -0.05) is 24.3 Å². The summed E-state index contributed by atoms with van der Waals surface area (Å²) in [4.78, 5) is 53.9. The van der Waals surface area contributed by atoms with Gasteiger partial charge < -0.3 is 50.5 Å². The monoisotopic (exact) mass is 753 g/mol. The highest BCUT2D eigenvalue weighted by Crippen LogP contribution is 2.61. The molecule has 24 heteroatoms. The summed E-state index contributed by atoms with van der Waals surface area (Å²) >= 11 is 1.22. The van der Waals surface area contributed by atoms with Crippen molar-refractivity contribution in [3.63, 3.8) is 0 Å². The standard InChI is InChI=1S/C25H33N5O16P2S/c1-10(31)12-4-2-11(3-5-12)7-49-8-14-17(33)18(34)20(36)24(44-14)45-48(40,41)46-47(38,39)42-6-13-16(32)19(35)23(43-13)30-9-27-15-21(30)28-25(26)29-22(15)37/h2-5,9,13-14,16-20,23-24,32-36H,6-8H2,1H3,(H,38,39)(H,40,41)(H3,26,28,29,37)/t13-,14+,16+,17-,18-,19?,20+,23-,24?/m1/s1. The van der Waals surface area contributed by atoms with E-state index in [0.29, 0.717) is 11.3 Å². The van der Waals surface area contributed by atoms with Gasteiger partial charge in [0.2, 0.25) is 5.95 Å². The number of aliphatic hydroxyl groups is 5. The Morgan fingerprint density at radius 1 is 1.00 bits per heavy atom. The number of nitrogen functional groups attached to an aromatic ring is 1. The number of phosphoric ester groups is 2. The van der Waals surface area contributed by atoms with Crippen LogP contribution in [0, 0.1) is 0 Å². The molecule has 2 fully saturated rings. The second-order valence-corrected chi connectivity index (χ2v) is 15.1. The van der Waals surface area contributed by atoms with Crippen molar-refractivity contribution < 1.29 is 72.1 Å². The number of carbonyl (C=O) groups excluding carboxylic acids is 1. The van der Waals surface area contributed by atoms with Gasteiger partial charge in [0, 0.05) is 17.1 Å². The van der Waals surface area contributed by atoms with Gasteiger partial charge in [-0.25, -0.2) is 14.1 Å². The molecular formula is C25H33N5O16P2S. The second-order valence-electron chi connectivity index (χ2n) is 11.0. The van der Waals surface area contributed by atoms with Gasteiger partial charge in [0.1, 0.15) is 36.6 Å². The number of hydrogen-bond donors (Lipinski definition) is 9. The minimum absolute atomic E-state index is 0.0111. The van der Waals surface area contributed by atoms with E-state index in [9.17, 15) is 54.0 Å². The van der Waals surface area contributed by atoms with E-state index in [1.807, 2.05) is 0 Å². The number of rotatable bonds is 13. The number of nitrogens with one attached hydrogen (secondary N) is 1. The molecule has 5 rings (SSSR count). The molecule has 0 amide bonds. The maximum atomic E-state index is 12.7. The number of aromatic nitrogens is 4. The predicted octanol–water partition coefficient (Wildman–Crippen LogP) is -1.48. The number of Topliss-reactive ketones (excluding diaryl/α,β-unsaturated/α-hetero) is 1. The fraction of sp³-hybridized carbons (Fsp3) is 0.520. The smallest absolute Gasteiger partial charge is 0.388 e. The van der Waals surface area contributed by atoms with Crippen LogP contribution in [0.4, 0.5) is 5.95 Å². The number of benzene rings is 1. The largest absolute Gasteiger partial charge is 0.483 e. The van der Waals surface area contributed by atoms with Crippen molar-refractivity contribution in [3.8, 4) is 0 Å². The van der Waals surface area contributed by atoms with Crippen molar-refractivity contribution in [1.82, 2.24) is 19.5 Å².